The minimum absolute atomic E-state index is 0.189. The molecule has 0 aliphatic heterocycles. The molecule has 3 heterocycles. The maximum Gasteiger partial charge on any atom is 0.253 e. The van der Waals surface area contributed by atoms with Gasteiger partial charge in [0.15, 0.2) is 0 Å². The molecule has 0 spiro atoms. The molecule has 0 radical (unpaired) electrons. The first-order chi connectivity index (χ1) is 9.83. The van der Waals surface area contributed by atoms with Gasteiger partial charge in [-0.1, -0.05) is 0 Å². The Balaban J connectivity index is 1.66. The van der Waals surface area contributed by atoms with Crippen molar-refractivity contribution in [3.05, 3.63) is 66.8 Å². The average molecular weight is 268 g/mol. The Morgan fingerprint density at radius 1 is 1.35 bits per heavy atom. The fraction of sp³-hybridized carbons (Fsp3) is 0.0714. The molecule has 20 heavy (non-hydrogen) atoms. The van der Waals surface area contributed by atoms with E-state index >= 15 is 0 Å². The van der Waals surface area contributed by atoms with Crippen LogP contribution in [0.5, 0.6) is 0 Å². The van der Waals surface area contributed by atoms with Gasteiger partial charge in [0.1, 0.15) is 17.9 Å². The summed E-state index contributed by atoms with van der Waals surface area (Å²) in [5, 5.41) is 2.76. The lowest BCUT2D eigenvalue weighted by molar-refractivity contribution is 0.0947. The van der Waals surface area contributed by atoms with Crippen LogP contribution >= 0.6 is 0 Å². The molecule has 0 unspecified atom stereocenters. The Kier molecular flexibility index (Phi) is 3.28. The van der Waals surface area contributed by atoms with Crippen LogP contribution in [0.2, 0.25) is 0 Å². The highest BCUT2D eigenvalue weighted by molar-refractivity contribution is 5.93. The van der Waals surface area contributed by atoms with Crippen LogP contribution in [0.25, 0.3) is 5.82 Å². The number of amides is 1. The molecule has 1 N–H and O–H groups in total. The van der Waals surface area contributed by atoms with E-state index in [9.17, 15) is 4.79 Å². The number of aromatic nitrogens is 3. The SMILES string of the molecule is O=C(NCc1ccco1)c1ccc(-n2ccnc2)nc1. The van der Waals surface area contributed by atoms with Gasteiger partial charge in [-0.25, -0.2) is 9.97 Å². The number of hydrogen-bond acceptors (Lipinski definition) is 4. The van der Waals surface area contributed by atoms with Crippen LogP contribution in [0.4, 0.5) is 0 Å². The maximum absolute atomic E-state index is 11.9. The van der Waals surface area contributed by atoms with E-state index in [-0.39, 0.29) is 5.91 Å². The number of carbonyl (C=O) groups is 1. The smallest absolute Gasteiger partial charge is 0.253 e. The molecule has 0 aliphatic rings. The average Bonchev–Trinajstić information content (AvgIpc) is 3.18. The summed E-state index contributed by atoms with van der Waals surface area (Å²) < 4.78 is 6.92. The first kappa shape index (κ1) is 12.2. The molecule has 6 nitrogen and oxygen atoms in total. The molecule has 0 bridgehead atoms. The van der Waals surface area contributed by atoms with Gasteiger partial charge in [-0.15, -0.1) is 0 Å². The fourth-order valence-corrected chi connectivity index (χ4v) is 1.75. The van der Waals surface area contributed by atoms with Crippen LogP contribution in [0, 0.1) is 0 Å². The van der Waals surface area contributed by atoms with Crippen molar-refractivity contribution in [1.29, 1.82) is 0 Å². The summed E-state index contributed by atoms with van der Waals surface area (Å²) >= 11 is 0. The van der Waals surface area contributed by atoms with Crippen molar-refractivity contribution in [3.63, 3.8) is 0 Å². The molecule has 0 aliphatic carbocycles. The molecule has 3 aromatic heterocycles. The van der Waals surface area contributed by atoms with Crippen molar-refractivity contribution in [2.24, 2.45) is 0 Å². The van der Waals surface area contributed by atoms with Gasteiger partial charge >= 0.3 is 0 Å². The van der Waals surface area contributed by atoms with E-state index < -0.39 is 0 Å². The van der Waals surface area contributed by atoms with E-state index in [4.69, 9.17) is 4.42 Å². The summed E-state index contributed by atoms with van der Waals surface area (Å²) in [5.41, 5.74) is 0.500. The van der Waals surface area contributed by atoms with Crippen LogP contribution < -0.4 is 5.32 Å². The predicted molar refractivity (Wildman–Crippen MR) is 71.2 cm³/mol. The number of hydrogen-bond donors (Lipinski definition) is 1. The molecule has 0 fully saturated rings. The fourth-order valence-electron chi connectivity index (χ4n) is 1.75. The number of nitrogens with zero attached hydrogens (tertiary/aromatic N) is 3. The Hall–Kier alpha value is -2.89. The van der Waals surface area contributed by atoms with Gasteiger partial charge in [0.25, 0.3) is 5.91 Å². The van der Waals surface area contributed by atoms with Crippen molar-refractivity contribution in [3.8, 4) is 5.82 Å². The summed E-state index contributed by atoms with van der Waals surface area (Å²) in [7, 11) is 0. The summed E-state index contributed by atoms with van der Waals surface area (Å²) in [6, 6.07) is 7.08. The van der Waals surface area contributed by atoms with Gasteiger partial charge in [0.2, 0.25) is 0 Å². The summed E-state index contributed by atoms with van der Waals surface area (Å²) in [6.45, 7) is 0.356. The second-order valence-corrected chi connectivity index (χ2v) is 4.14. The second kappa shape index (κ2) is 5.40. The lowest BCUT2D eigenvalue weighted by Crippen LogP contribution is -2.22. The van der Waals surface area contributed by atoms with E-state index in [2.05, 4.69) is 15.3 Å². The standard InChI is InChI=1S/C14H12N4O2/c19-14(17-9-12-2-1-7-20-12)11-3-4-13(16-8-11)18-6-5-15-10-18/h1-8,10H,9H2,(H,17,19). The Morgan fingerprint density at radius 2 is 2.30 bits per heavy atom. The molecule has 0 saturated heterocycles. The number of nitrogens with one attached hydrogen (secondary N) is 1. The molecular weight excluding hydrogens is 256 g/mol. The first-order valence-electron chi connectivity index (χ1n) is 6.08. The molecule has 100 valence electrons. The monoisotopic (exact) mass is 268 g/mol. The molecular formula is C14H12N4O2. The van der Waals surface area contributed by atoms with E-state index in [0.717, 1.165) is 0 Å². The minimum Gasteiger partial charge on any atom is -0.467 e. The highest BCUT2D eigenvalue weighted by Crippen LogP contribution is 2.06. The van der Waals surface area contributed by atoms with Crippen molar-refractivity contribution in [1.82, 2.24) is 19.9 Å². The van der Waals surface area contributed by atoms with Gasteiger partial charge in [-0.3, -0.25) is 9.36 Å². The molecule has 3 rings (SSSR count). The first-order valence-corrected chi connectivity index (χ1v) is 6.08. The highest BCUT2D eigenvalue weighted by Gasteiger charge is 2.07. The molecule has 0 atom stereocenters. The van der Waals surface area contributed by atoms with Gasteiger partial charge < -0.3 is 9.73 Å². The maximum atomic E-state index is 11.9. The van der Waals surface area contributed by atoms with Crippen LogP contribution in [-0.4, -0.2) is 20.4 Å². The second-order valence-electron chi connectivity index (χ2n) is 4.14. The zero-order chi connectivity index (χ0) is 13.8. The number of imidazole rings is 1. The lowest BCUT2D eigenvalue weighted by atomic mass is 10.2. The Morgan fingerprint density at radius 3 is 2.95 bits per heavy atom. The summed E-state index contributed by atoms with van der Waals surface area (Å²) in [4.78, 5) is 20.1. The quantitative estimate of drug-likeness (QED) is 0.783. The molecule has 3 aromatic rings. The Bertz CT molecular complexity index is 673. The number of carbonyl (C=O) groups excluding carboxylic acids is 1. The normalized spacial score (nSPS) is 10.4. The van der Waals surface area contributed by atoms with Crippen molar-refractivity contribution < 1.29 is 9.21 Å². The van der Waals surface area contributed by atoms with Crippen molar-refractivity contribution in [2.75, 3.05) is 0 Å². The predicted octanol–water partition coefficient (Wildman–Crippen LogP) is 1.79. The Labute approximate surface area is 115 Å². The molecule has 1 amide bonds. The highest BCUT2D eigenvalue weighted by atomic mass is 16.3. The molecule has 0 saturated carbocycles. The lowest BCUT2D eigenvalue weighted by Gasteiger charge is -2.04. The van der Waals surface area contributed by atoms with E-state index in [1.54, 1.807) is 53.8 Å². The number of rotatable bonds is 4. The van der Waals surface area contributed by atoms with Crippen molar-refractivity contribution >= 4 is 5.91 Å². The van der Waals surface area contributed by atoms with E-state index in [1.165, 1.54) is 6.20 Å². The van der Waals surface area contributed by atoms with Crippen LogP contribution in [0.1, 0.15) is 16.1 Å². The zero-order valence-corrected chi connectivity index (χ0v) is 10.6. The third-order valence-electron chi connectivity index (χ3n) is 2.78. The van der Waals surface area contributed by atoms with E-state index in [0.29, 0.717) is 23.7 Å². The molecule has 6 heteroatoms. The third-order valence-corrected chi connectivity index (χ3v) is 2.78. The number of pyridine rings is 1. The summed E-state index contributed by atoms with van der Waals surface area (Å²) in [5.74, 6) is 1.23. The van der Waals surface area contributed by atoms with Crippen LogP contribution in [0.3, 0.4) is 0 Å². The van der Waals surface area contributed by atoms with Crippen LogP contribution in [-0.2, 0) is 6.54 Å². The van der Waals surface area contributed by atoms with Gasteiger partial charge in [0.05, 0.1) is 18.4 Å². The van der Waals surface area contributed by atoms with Crippen LogP contribution in [0.15, 0.2) is 59.9 Å². The minimum atomic E-state index is -0.189. The van der Waals surface area contributed by atoms with Gasteiger partial charge in [0, 0.05) is 18.6 Å². The van der Waals surface area contributed by atoms with E-state index in [1.807, 2.05) is 0 Å². The van der Waals surface area contributed by atoms with Gasteiger partial charge in [-0.2, -0.15) is 0 Å². The zero-order valence-electron chi connectivity index (χ0n) is 10.6. The number of furan rings is 1. The van der Waals surface area contributed by atoms with Crippen molar-refractivity contribution in [2.45, 2.75) is 6.54 Å². The third kappa shape index (κ3) is 2.59. The summed E-state index contributed by atoms with van der Waals surface area (Å²) in [6.07, 6.45) is 8.22. The largest absolute Gasteiger partial charge is 0.467 e. The topological polar surface area (TPSA) is 73.0 Å². The molecule has 0 aromatic carbocycles. The van der Waals surface area contributed by atoms with Gasteiger partial charge in [-0.05, 0) is 24.3 Å².